The molecule has 3 amide bonds. The van der Waals surface area contributed by atoms with Crippen molar-refractivity contribution in [2.24, 2.45) is 0 Å². The molecular weight excluding hydrogens is 372 g/mol. The molecule has 0 saturated carbocycles. The van der Waals surface area contributed by atoms with Crippen LogP contribution in [0.4, 0.5) is 5.69 Å². The van der Waals surface area contributed by atoms with Crippen LogP contribution in [0.15, 0.2) is 18.2 Å². The molecule has 4 heterocycles. The van der Waals surface area contributed by atoms with E-state index in [1.165, 1.54) is 0 Å². The van der Waals surface area contributed by atoms with Crippen LogP contribution in [0.1, 0.15) is 41.6 Å². The molecule has 4 aliphatic heterocycles. The second-order valence-corrected chi connectivity index (χ2v) is 8.37. The van der Waals surface area contributed by atoms with E-state index in [2.05, 4.69) is 21.2 Å². The maximum Gasteiger partial charge on any atom is 0.255 e. The number of hydrogen-bond donors (Lipinski definition) is 1. The number of nitrogens with zero attached hydrogens (tertiary/aromatic N) is 3. The van der Waals surface area contributed by atoms with E-state index >= 15 is 0 Å². The van der Waals surface area contributed by atoms with Crippen LogP contribution in [-0.2, 0) is 20.9 Å². The first-order chi connectivity index (χ1) is 14.0. The first-order valence-electron chi connectivity index (χ1n) is 10.3. The molecule has 29 heavy (non-hydrogen) atoms. The van der Waals surface area contributed by atoms with E-state index in [9.17, 15) is 19.2 Å². The molecule has 1 aromatic rings. The summed E-state index contributed by atoms with van der Waals surface area (Å²) in [7, 11) is 0. The van der Waals surface area contributed by atoms with Gasteiger partial charge in [0.1, 0.15) is 11.8 Å². The minimum atomic E-state index is -0.578. The highest BCUT2D eigenvalue weighted by Crippen LogP contribution is 2.32. The van der Waals surface area contributed by atoms with Gasteiger partial charge < -0.3 is 9.80 Å². The number of likely N-dealkylation sites (tertiary alicyclic amines) is 1. The molecule has 0 aliphatic carbocycles. The molecule has 1 N–H and O–H groups in total. The number of nitrogens with one attached hydrogen (secondary N) is 1. The van der Waals surface area contributed by atoms with Crippen LogP contribution < -0.4 is 10.2 Å². The Labute approximate surface area is 168 Å². The van der Waals surface area contributed by atoms with Crippen molar-refractivity contribution >= 4 is 29.2 Å². The normalized spacial score (nSPS) is 25.9. The van der Waals surface area contributed by atoms with E-state index in [1.807, 2.05) is 12.1 Å². The summed E-state index contributed by atoms with van der Waals surface area (Å²) in [6, 6.07) is 5.78. The van der Waals surface area contributed by atoms with Gasteiger partial charge in [-0.2, -0.15) is 0 Å². The van der Waals surface area contributed by atoms with Gasteiger partial charge in [-0.25, -0.2) is 0 Å². The van der Waals surface area contributed by atoms with E-state index in [0.29, 0.717) is 43.2 Å². The zero-order valence-electron chi connectivity index (χ0n) is 16.2. The fraction of sp³-hybridized carbons (Fsp3) is 0.524. The van der Waals surface area contributed by atoms with Gasteiger partial charge in [0.2, 0.25) is 11.8 Å². The highest BCUT2D eigenvalue weighted by atomic mass is 16.2. The predicted molar refractivity (Wildman–Crippen MR) is 104 cm³/mol. The van der Waals surface area contributed by atoms with Crippen LogP contribution in [0.25, 0.3) is 0 Å². The first-order valence-corrected chi connectivity index (χ1v) is 10.3. The van der Waals surface area contributed by atoms with Crippen LogP contribution in [0.5, 0.6) is 0 Å². The van der Waals surface area contributed by atoms with Gasteiger partial charge in [-0.3, -0.25) is 29.4 Å². The van der Waals surface area contributed by atoms with Crippen LogP contribution in [0, 0.1) is 0 Å². The fourth-order valence-corrected chi connectivity index (χ4v) is 4.79. The zero-order valence-corrected chi connectivity index (χ0v) is 16.2. The molecule has 0 radical (unpaired) electrons. The van der Waals surface area contributed by atoms with Crippen molar-refractivity contribution < 1.29 is 19.2 Å². The first kappa shape index (κ1) is 18.3. The number of rotatable bonds is 3. The zero-order chi connectivity index (χ0) is 20.1. The summed E-state index contributed by atoms with van der Waals surface area (Å²) in [6.07, 6.45) is 1.96. The molecule has 4 aliphatic rings. The third kappa shape index (κ3) is 3.21. The average Bonchev–Trinajstić information content (AvgIpc) is 2.98. The maximum absolute atomic E-state index is 12.8. The average molecular weight is 396 g/mol. The third-order valence-electron chi connectivity index (χ3n) is 6.61. The van der Waals surface area contributed by atoms with Gasteiger partial charge >= 0.3 is 0 Å². The second-order valence-electron chi connectivity index (χ2n) is 8.37. The predicted octanol–water partition coefficient (Wildman–Crippen LogP) is 0.301. The SMILES string of the molecule is O=C1CCN(C2CN(c3ccc4c(c3)CN(C3CCC(=O)NC3=O)C4=O)C2)CC1. The Kier molecular flexibility index (Phi) is 4.38. The quantitative estimate of drug-likeness (QED) is 0.740. The van der Waals surface area contributed by atoms with Crippen molar-refractivity contribution in [1.29, 1.82) is 0 Å². The number of piperidine rings is 2. The van der Waals surface area contributed by atoms with Crippen LogP contribution >= 0.6 is 0 Å². The molecule has 3 fully saturated rings. The van der Waals surface area contributed by atoms with E-state index in [1.54, 1.807) is 4.90 Å². The van der Waals surface area contributed by atoms with Gasteiger partial charge in [-0.15, -0.1) is 0 Å². The Morgan fingerprint density at radius 3 is 2.45 bits per heavy atom. The maximum atomic E-state index is 12.8. The minimum absolute atomic E-state index is 0.138. The molecule has 8 heteroatoms. The Morgan fingerprint density at radius 1 is 0.966 bits per heavy atom. The van der Waals surface area contributed by atoms with Crippen molar-refractivity contribution in [3.63, 3.8) is 0 Å². The highest BCUT2D eigenvalue weighted by Gasteiger charge is 2.40. The number of carbonyl (C=O) groups is 4. The van der Waals surface area contributed by atoms with Crippen molar-refractivity contribution in [1.82, 2.24) is 15.1 Å². The van der Waals surface area contributed by atoms with Gasteiger partial charge in [0, 0.05) is 69.3 Å². The number of ketones is 1. The Bertz CT molecular complexity index is 898. The molecule has 0 aromatic heterocycles. The number of hydrogen-bond acceptors (Lipinski definition) is 6. The number of carbonyl (C=O) groups excluding carboxylic acids is 4. The molecule has 5 rings (SSSR count). The smallest absolute Gasteiger partial charge is 0.255 e. The Morgan fingerprint density at radius 2 is 1.72 bits per heavy atom. The second kappa shape index (κ2) is 6.95. The number of Topliss-reactive ketones (excluding diaryl/α,β-unsaturated/α-hetero) is 1. The summed E-state index contributed by atoms with van der Waals surface area (Å²) < 4.78 is 0. The van der Waals surface area contributed by atoms with Crippen molar-refractivity contribution in [3.05, 3.63) is 29.3 Å². The standard InChI is InChI=1S/C21H24N4O4/c26-16-5-7-23(8-6-16)15-11-24(12-15)14-1-2-17-13(9-14)10-25(21(17)29)18-3-4-19(27)22-20(18)28/h1-2,9,15,18H,3-8,10-12H2,(H,22,27,28). The summed E-state index contributed by atoms with van der Waals surface area (Å²) in [4.78, 5) is 54.0. The number of fused-ring (bicyclic) bond motifs is 1. The third-order valence-corrected chi connectivity index (χ3v) is 6.61. The number of anilines is 1. The van der Waals surface area contributed by atoms with Gasteiger partial charge in [-0.05, 0) is 30.2 Å². The number of amides is 3. The van der Waals surface area contributed by atoms with Crippen molar-refractivity contribution in [3.8, 4) is 0 Å². The Balaban J connectivity index is 1.24. The Hall–Kier alpha value is -2.74. The molecule has 0 bridgehead atoms. The molecule has 0 spiro atoms. The molecule has 3 saturated heterocycles. The summed E-state index contributed by atoms with van der Waals surface area (Å²) in [5.74, 6) is -0.432. The lowest BCUT2D eigenvalue weighted by atomic mass is 10.00. The molecular formula is C21H24N4O4. The lowest BCUT2D eigenvalue weighted by Crippen LogP contribution is -2.61. The van der Waals surface area contributed by atoms with Crippen molar-refractivity contribution in [2.75, 3.05) is 31.1 Å². The van der Waals surface area contributed by atoms with E-state index in [0.717, 1.165) is 37.4 Å². The van der Waals surface area contributed by atoms with Crippen LogP contribution in [0.3, 0.4) is 0 Å². The van der Waals surface area contributed by atoms with Gasteiger partial charge in [-0.1, -0.05) is 0 Å². The fourth-order valence-electron chi connectivity index (χ4n) is 4.79. The van der Waals surface area contributed by atoms with Gasteiger partial charge in [0.05, 0.1) is 0 Å². The largest absolute Gasteiger partial charge is 0.368 e. The van der Waals surface area contributed by atoms with Gasteiger partial charge in [0.25, 0.3) is 5.91 Å². The summed E-state index contributed by atoms with van der Waals surface area (Å²) in [5, 5.41) is 2.33. The molecule has 152 valence electrons. The summed E-state index contributed by atoms with van der Waals surface area (Å²) in [5.41, 5.74) is 2.67. The summed E-state index contributed by atoms with van der Waals surface area (Å²) >= 11 is 0. The summed E-state index contributed by atoms with van der Waals surface area (Å²) in [6.45, 7) is 3.98. The molecule has 1 aromatic carbocycles. The minimum Gasteiger partial charge on any atom is -0.368 e. The topological polar surface area (TPSA) is 90.0 Å². The van der Waals surface area contributed by atoms with Crippen LogP contribution in [-0.4, -0.2) is 71.6 Å². The lowest BCUT2D eigenvalue weighted by molar-refractivity contribution is -0.137. The molecule has 1 unspecified atom stereocenters. The van der Waals surface area contributed by atoms with E-state index < -0.39 is 6.04 Å². The molecule has 8 nitrogen and oxygen atoms in total. The van der Waals surface area contributed by atoms with E-state index in [-0.39, 0.29) is 24.1 Å². The van der Waals surface area contributed by atoms with E-state index in [4.69, 9.17) is 0 Å². The van der Waals surface area contributed by atoms with Crippen molar-refractivity contribution in [2.45, 2.75) is 44.3 Å². The van der Waals surface area contributed by atoms with Crippen LogP contribution in [0.2, 0.25) is 0 Å². The van der Waals surface area contributed by atoms with Gasteiger partial charge in [0.15, 0.2) is 0 Å². The molecule has 1 atom stereocenters. The monoisotopic (exact) mass is 396 g/mol. The lowest BCUT2D eigenvalue weighted by Gasteiger charge is -2.47. The number of benzene rings is 1. The highest BCUT2D eigenvalue weighted by molar-refractivity contribution is 6.05. The number of imide groups is 1.